The minimum Gasteiger partial charge on any atom is -0.200 e. The van der Waals surface area contributed by atoms with Gasteiger partial charge in [-0.2, -0.15) is 13.5 Å². The lowest BCUT2D eigenvalue weighted by Gasteiger charge is -2.29. The van der Waals surface area contributed by atoms with Gasteiger partial charge in [0.05, 0.1) is 4.90 Å². The van der Waals surface area contributed by atoms with Gasteiger partial charge in [0.2, 0.25) is 0 Å². The molecule has 172 valence electrons. The Morgan fingerprint density at radius 2 is 1.24 bits per heavy atom. The molecular formula is C29H28N2O2S. The van der Waals surface area contributed by atoms with Crippen molar-refractivity contribution in [3.8, 4) is 0 Å². The predicted molar refractivity (Wildman–Crippen MR) is 134 cm³/mol. The SMILES string of the molecule is Cc1ccc(S(=O)(=O)N/N=C2/CC3[C@@H]4C[C@H]5c6ccccc6[C@@H](C[C@H]3c3ccccc34)C25)cc1. The Kier molecular flexibility index (Phi) is 4.38. The summed E-state index contributed by atoms with van der Waals surface area (Å²) in [6, 6.07) is 24.9. The summed E-state index contributed by atoms with van der Waals surface area (Å²) in [6.07, 6.45) is 3.12. The van der Waals surface area contributed by atoms with Crippen LogP contribution in [-0.4, -0.2) is 14.1 Å². The Hall–Kier alpha value is -2.92. The molecule has 0 aliphatic heterocycles. The number of nitrogens with zero attached hydrogens (tertiary/aromatic N) is 1. The molecule has 4 nitrogen and oxygen atoms in total. The van der Waals surface area contributed by atoms with E-state index in [1.807, 2.05) is 19.1 Å². The summed E-state index contributed by atoms with van der Waals surface area (Å²) in [5.74, 6) is 2.58. The lowest BCUT2D eigenvalue weighted by atomic mass is 9.74. The van der Waals surface area contributed by atoms with E-state index in [0.29, 0.717) is 29.6 Å². The van der Waals surface area contributed by atoms with Crippen molar-refractivity contribution in [2.45, 2.75) is 54.8 Å². The minimum atomic E-state index is -3.70. The number of nitrogens with one attached hydrogen (secondary N) is 1. The summed E-state index contributed by atoms with van der Waals surface area (Å²) >= 11 is 0. The van der Waals surface area contributed by atoms with E-state index in [2.05, 4.69) is 53.4 Å². The molecule has 0 saturated heterocycles. The van der Waals surface area contributed by atoms with Gasteiger partial charge in [0, 0.05) is 11.6 Å². The molecule has 3 aromatic rings. The molecule has 4 aliphatic carbocycles. The van der Waals surface area contributed by atoms with Gasteiger partial charge in [-0.15, -0.1) is 0 Å². The van der Waals surface area contributed by atoms with Gasteiger partial charge in [0.25, 0.3) is 10.0 Å². The van der Waals surface area contributed by atoms with Gasteiger partial charge in [-0.05, 0) is 90.2 Å². The third-order valence-corrected chi connectivity index (χ3v) is 10.2. The van der Waals surface area contributed by atoms with Crippen molar-refractivity contribution < 1.29 is 8.42 Å². The van der Waals surface area contributed by atoms with Crippen molar-refractivity contribution in [1.29, 1.82) is 0 Å². The van der Waals surface area contributed by atoms with E-state index in [-0.39, 0.29) is 10.8 Å². The summed E-state index contributed by atoms with van der Waals surface area (Å²) < 4.78 is 26.1. The van der Waals surface area contributed by atoms with Crippen molar-refractivity contribution >= 4 is 15.7 Å². The van der Waals surface area contributed by atoms with Crippen LogP contribution < -0.4 is 4.83 Å². The molecule has 2 fully saturated rings. The van der Waals surface area contributed by atoms with Crippen LogP contribution in [0, 0.1) is 18.8 Å². The van der Waals surface area contributed by atoms with Crippen LogP contribution >= 0.6 is 0 Å². The van der Waals surface area contributed by atoms with E-state index in [1.165, 1.54) is 22.3 Å². The van der Waals surface area contributed by atoms with Gasteiger partial charge in [-0.3, -0.25) is 0 Å². The largest absolute Gasteiger partial charge is 0.276 e. The fraction of sp³-hybridized carbons (Fsp3) is 0.345. The third kappa shape index (κ3) is 2.89. The van der Waals surface area contributed by atoms with Crippen LogP contribution in [0.2, 0.25) is 0 Å². The van der Waals surface area contributed by atoms with Gasteiger partial charge < -0.3 is 0 Å². The monoisotopic (exact) mass is 468 g/mol. The maximum atomic E-state index is 13.1. The van der Waals surface area contributed by atoms with E-state index in [1.54, 1.807) is 12.1 Å². The zero-order chi connectivity index (χ0) is 23.0. The minimum absolute atomic E-state index is 0.262. The zero-order valence-corrected chi connectivity index (χ0v) is 20.0. The Balaban J connectivity index is 1.33. The Morgan fingerprint density at radius 3 is 1.76 bits per heavy atom. The van der Waals surface area contributed by atoms with Gasteiger partial charge in [-0.25, -0.2) is 4.83 Å². The molecule has 4 aliphatic rings. The molecular weight excluding hydrogens is 440 g/mol. The predicted octanol–water partition coefficient (Wildman–Crippen LogP) is 5.82. The Morgan fingerprint density at radius 1 is 0.735 bits per heavy atom. The number of hydrogen-bond acceptors (Lipinski definition) is 3. The van der Waals surface area contributed by atoms with Crippen LogP contribution in [-0.2, 0) is 10.0 Å². The lowest BCUT2D eigenvalue weighted by molar-refractivity contribution is 0.313. The fourth-order valence-electron chi connectivity index (χ4n) is 7.61. The van der Waals surface area contributed by atoms with Crippen LogP contribution in [0.4, 0.5) is 0 Å². The molecule has 0 amide bonds. The second-order valence-corrected chi connectivity index (χ2v) is 12.2. The smallest absolute Gasteiger partial charge is 0.200 e. The normalized spacial score (nSPS) is 31.6. The molecule has 3 aromatic carbocycles. The number of fused-ring (bicyclic) bond motifs is 7. The summed E-state index contributed by atoms with van der Waals surface area (Å²) in [6.45, 7) is 1.95. The highest BCUT2D eigenvalue weighted by Crippen LogP contribution is 2.66. The molecule has 0 radical (unpaired) electrons. The highest BCUT2D eigenvalue weighted by Gasteiger charge is 2.56. The first kappa shape index (κ1) is 20.5. The number of hydrazone groups is 1. The van der Waals surface area contributed by atoms with Crippen molar-refractivity contribution in [3.63, 3.8) is 0 Å². The second-order valence-electron chi connectivity index (χ2n) is 10.6. The van der Waals surface area contributed by atoms with E-state index < -0.39 is 10.0 Å². The van der Waals surface area contributed by atoms with Crippen molar-refractivity contribution in [3.05, 3.63) is 101 Å². The van der Waals surface area contributed by atoms with Gasteiger partial charge >= 0.3 is 0 Å². The van der Waals surface area contributed by atoms with Crippen LogP contribution in [0.5, 0.6) is 0 Å². The highest BCUT2D eigenvalue weighted by molar-refractivity contribution is 7.89. The van der Waals surface area contributed by atoms with Gasteiger partial charge in [-0.1, -0.05) is 66.2 Å². The summed E-state index contributed by atoms with van der Waals surface area (Å²) in [7, 11) is -3.70. The second kappa shape index (κ2) is 7.29. The van der Waals surface area contributed by atoms with E-state index in [0.717, 1.165) is 30.5 Å². The van der Waals surface area contributed by atoms with Crippen LogP contribution in [0.3, 0.4) is 0 Å². The fourth-order valence-corrected chi connectivity index (χ4v) is 8.45. The van der Waals surface area contributed by atoms with Crippen molar-refractivity contribution in [2.75, 3.05) is 0 Å². The molecule has 2 saturated carbocycles. The van der Waals surface area contributed by atoms with Gasteiger partial charge in [0.1, 0.15) is 0 Å². The molecule has 2 bridgehead atoms. The number of hydrogen-bond donors (Lipinski definition) is 1. The lowest BCUT2D eigenvalue weighted by Crippen LogP contribution is -2.26. The maximum absolute atomic E-state index is 13.1. The van der Waals surface area contributed by atoms with Crippen LogP contribution in [0.15, 0.2) is 82.8 Å². The molecule has 5 heteroatoms. The molecule has 0 spiro atoms. The average Bonchev–Trinajstić information content (AvgIpc) is 3.19. The topological polar surface area (TPSA) is 58.5 Å². The first-order valence-corrected chi connectivity index (χ1v) is 13.8. The standard InChI is InChI=1S/C29H28N2O2S/c1-17-10-12-18(13-11-17)34(32,33)31-30-28-16-25-23-14-26-21-8-4-5-9-22(21)27(29(26)28)15-24(25)20-7-3-2-6-19(20)23/h2-13,23-27,29,31H,14-16H2,1H3/b30-28-/t23-,24+,25?,26+,27-,29?. The van der Waals surface area contributed by atoms with E-state index in [9.17, 15) is 8.42 Å². The maximum Gasteiger partial charge on any atom is 0.276 e. The summed E-state index contributed by atoms with van der Waals surface area (Å²) in [5, 5.41) is 4.72. The Bertz CT molecular complexity index is 1370. The molecule has 2 unspecified atom stereocenters. The number of benzene rings is 3. The highest BCUT2D eigenvalue weighted by atomic mass is 32.2. The molecule has 7 rings (SSSR count). The molecule has 1 N–H and O–H groups in total. The molecule has 0 aromatic heterocycles. The average molecular weight is 469 g/mol. The summed E-state index contributed by atoms with van der Waals surface area (Å²) in [4.78, 5) is 2.89. The van der Waals surface area contributed by atoms with Crippen LogP contribution in [0.25, 0.3) is 0 Å². The molecule has 34 heavy (non-hydrogen) atoms. The van der Waals surface area contributed by atoms with E-state index >= 15 is 0 Å². The number of aryl methyl sites for hydroxylation is 1. The van der Waals surface area contributed by atoms with Gasteiger partial charge in [0.15, 0.2) is 0 Å². The van der Waals surface area contributed by atoms with Crippen molar-refractivity contribution in [2.24, 2.45) is 16.9 Å². The Labute approximate surface area is 201 Å². The number of sulfonamides is 1. The van der Waals surface area contributed by atoms with Crippen LogP contribution in [0.1, 0.15) is 70.8 Å². The van der Waals surface area contributed by atoms with Crippen molar-refractivity contribution in [1.82, 2.24) is 4.83 Å². The van der Waals surface area contributed by atoms with E-state index in [4.69, 9.17) is 5.10 Å². The number of rotatable bonds is 3. The molecule has 6 atom stereocenters. The third-order valence-electron chi connectivity index (χ3n) is 8.98. The summed E-state index contributed by atoms with van der Waals surface area (Å²) in [5.41, 5.74) is 8.02. The first-order chi connectivity index (χ1) is 16.5. The molecule has 0 heterocycles. The quantitative estimate of drug-likeness (QED) is 0.492. The first-order valence-electron chi connectivity index (χ1n) is 12.3. The zero-order valence-electron chi connectivity index (χ0n) is 19.2.